The fraction of sp³-hybridized carbons (Fsp3) is 0.846. The zero-order chi connectivity index (χ0) is 14.7. The molecule has 0 spiro atoms. The van der Waals surface area contributed by atoms with Gasteiger partial charge in [0.15, 0.2) is 0 Å². The SMILES string of the molecule is CCN(CC)CCNC(=O)NCCCC(C)C(=O)O. The number of aliphatic carboxylic acids is 1. The molecule has 0 bridgehead atoms. The van der Waals surface area contributed by atoms with Gasteiger partial charge in [0.25, 0.3) is 0 Å². The number of likely N-dealkylation sites (N-methyl/N-ethyl adjacent to an activating group) is 1. The fourth-order valence-corrected chi connectivity index (χ4v) is 1.66. The van der Waals surface area contributed by atoms with Crippen LogP contribution in [-0.2, 0) is 4.79 Å². The summed E-state index contributed by atoms with van der Waals surface area (Å²) in [6.07, 6.45) is 1.26. The van der Waals surface area contributed by atoms with Gasteiger partial charge in [-0.25, -0.2) is 4.79 Å². The van der Waals surface area contributed by atoms with E-state index in [0.717, 1.165) is 19.6 Å². The average molecular weight is 273 g/mol. The summed E-state index contributed by atoms with van der Waals surface area (Å²) >= 11 is 0. The van der Waals surface area contributed by atoms with E-state index in [1.54, 1.807) is 6.92 Å². The summed E-state index contributed by atoms with van der Waals surface area (Å²) in [7, 11) is 0. The minimum atomic E-state index is -0.788. The van der Waals surface area contributed by atoms with Crippen molar-refractivity contribution in [2.45, 2.75) is 33.6 Å². The minimum Gasteiger partial charge on any atom is -0.481 e. The van der Waals surface area contributed by atoms with E-state index in [0.29, 0.717) is 25.9 Å². The Labute approximate surface area is 115 Å². The van der Waals surface area contributed by atoms with E-state index in [4.69, 9.17) is 5.11 Å². The van der Waals surface area contributed by atoms with Gasteiger partial charge in [-0.3, -0.25) is 4.79 Å². The predicted molar refractivity (Wildman–Crippen MR) is 75.2 cm³/mol. The molecule has 112 valence electrons. The fourth-order valence-electron chi connectivity index (χ4n) is 1.66. The molecule has 6 nitrogen and oxygen atoms in total. The summed E-state index contributed by atoms with van der Waals surface area (Å²) < 4.78 is 0. The van der Waals surface area contributed by atoms with E-state index in [1.807, 2.05) is 0 Å². The highest BCUT2D eigenvalue weighted by molar-refractivity contribution is 5.73. The number of nitrogens with one attached hydrogen (secondary N) is 2. The highest BCUT2D eigenvalue weighted by Crippen LogP contribution is 2.03. The van der Waals surface area contributed by atoms with Crippen molar-refractivity contribution in [3.63, 3.8) is 0 Å². The van der Waals surface area contributed by atoms with Gasteiger partial charge in [0, 0.05) is 19.6 Å². The summed E-state index contributed by atoms with van der Waals surface area (Å²) in [6.45, 7) is 9.79. The second-order valence-corrected chi connectivity index (χ2v) is 4.59. The lowest BCUT2D eigenvalue weighted by Gasteiger charge is -2.18. The van der Waals surface area contributed by atoms with Crippen LogP contribution in [0.1, 0.15) is 33.6 Å². The van der Waals surface area contributed by atoms with E-state index in [2.05, 4.69) is 29.4 Å². The van der Waals surface area contributed by atoms with Gasteiger partial charge in [-0.05, 0) is 25.9 Å². The molecule has 1 unspecified atom stereocenters. The van der Waals surface area contributed by atoms with Crippen LogP contribution in [0.15, 0.2) is 0 Å². The molecule has 0 rings (SSSR count). The molecule has 0 aromatic heterocycles. The van der Waals surface area contributed by atoms with E-state index >= 15 is 0 Å². The number of carbonyl (C=O) groups excluding carboxylic acids is 1. The van der Waals surface area contributed by atoms with Crippen molar-refractivity contribution >= 4 is 12.0 Å². The topological polar surface area (TPSA) is 81.7 Å². The van der Waals surface area contributed by atoms with E-state index < -0.39 is 5.97 Å². The molecule has 3 N–H and O–H groups in total. The predicted octanol–water partition coefficient (Wildman–Crippen LogP) is 1.13. The molecule has 0 aliphatic carbocycles. The van der Waals surface area contributed by atoms with Crippen molar-refractivity contribution in [2.75, 3.05) is 32.7 Å². The minimum absolute atomic E-state index is 0.185. The molecule has 0 aromatic carbocycles. The highest BCUT2D eigenvalue weighted by atomic mass is 16.4. The van der Waals surface area contributed by atoms with Crippen molar-refractivity contribution in [3.05, 3.63) is 0 Å². The third-order valence-corrected chi connectivity index (χ3v) is 3.13. The van der Waals surface area contributed by atoms with Gasteiger partial charge in [0.1, 0.15) is 0 Å². The second-order valence-electron chi connectivity index (χ2n) is 4.59. The molecule has 19 heavy (non-hydrogen) atoms. The van der Waals surface area contributed by atoms with Crippen LogP contribution in [0.3, 0.4) is 0 Å². The molecule has 2 amide bonds. The Morgan fingerprint density at radius 2 is 1.74 bits per heavy atom. The Kier molecular flexibility index (Phi) is 9.88. The molecule has 0 fully saturated rings. The normalized spacial score (nSPS) is 12.2. The van der Waals surface area contributed by atoms with Gasteiger partial charge in [0.2, 0.25) is 0 Å². The van der Waals surface area contributed by atoms with Crippen LogP contribution in [0, 0.1) is 5.92 Å². The van der Waals surface area contributed by atoms with Crippen molar-refractivity contribution in [1.29, 1.82) is 0 Å². The number of nitrogens with zero attached hydrogens (tertiary/aromatic N) is 1. The molecule has 0 aliphatic heterocycles. The van der Waals surface area contributed by atoms with Gasteiger partial charge < -0.3 is 20.6 Å². The molecule has 0 aromatic rings. The summed E-state index contributed by atoms with van der Waals surface area (Å²) in [6, 6.07) is -0.185. The first-order valence-electron chi connectivity index (χ1n) is 6.98. The van der Waals surface area contributed by atoms with Crippen LogP contribution in [0.4, 0.5) is 4.79 Å². The first-order valence-corrected chi connectivity index (χ1v) is 6.98. The van der Waals surface area contributed by atoms with Crippen LogP contribution in [-0.4, -0.2) is 54.7 Å². The summed E-state index contributed by atoms with van der Waals surface area (Å²) in [4.78, 5) is 24.2. The Bertz CT molecular complexity index is 268. The standard InChI is InChI=1S/C13H27N3O3/c1-4-16(5-2)10-9-15-13(19)14-8-6-7-11(3)12(17)18/h11H,4-10H2,1-3H3,(H,17,18)(H2,14,15,19). The first kappa shape index (κ1) is 17.7. The van der Waals surface area contributed by atoms with Gasteiger partial charge >= 0.3 is 12.0 Å². The maximum absolute atomic E-state index is 11.4. The van der Waals surface area contributed by atoms with Crippen molar-refractivity contribution < 1.29 is 14.7 Å². The van der Waals surface area contributed by atoms with Gasteiger partial charge in [-0.2, -0.15) is 0 Å². The Hall–Kier alpha value is -1.30. The molecule has 1 atom stereocenters. The molecule has 0 radical (unpaired) electrons. The van der Waals surface area contributed by atoms with Crippen LogP contribution < -0.4 is 10.6 Å². The Balaban J connectivity index is 3.52. The lowest BCUT2D eigenvalue weighted by molar-refractivity contribution is -0.141. The Morgan fingerprint density at radius 1 is 1.16 bits per heavy atom. The number of amides is 2. The lowest BCUT2D eigenvalue weighted by Crippen LogP contribution is -2.40. The summed E-state index contributed by atoms with van der Waals surface area (Å²) in [5.41, 5.74) is 0. The van der Waals surface area contributed by atoms with Crippen LogP contribution in [0.5, 0.6) is 0 Å². The third kappa shape index (κ3) is 9.30. The first-order chi connectivity index (χ1) is 9.01. The number of carboxylic acid groups (broad SMARTS) is 1. The van der Waals surface area contributed by atoms with Crippen molar-refractivity contribution in [1.82, 2.24) is 15.5 Å². The molecule has 6 heteroatoms. The van der Waals surface area contributed by atoms with E-state index in [9.17, 15) is 9.59 Å². The highest BCUT2D eigenvalue weighted by Gasteiger charge is 2.10. The van der Waals surface area contributed by atoms with E-state index in [-0.39, 0.29) is 11.9 Å². The maximum Gasteiger partial charge on any atom is 0.314 e. The maximum atomic E-state index is 11.4. The molecule has 0 saturated carbocycles. The summed E-state index contributed by atoms with van der Waals surface area (Å²) in [5.74, 6) is -1.14. The molecule has 0 heterocycles. The van der Waals surface area contributed by atoms with Crippen molar-refractivity contribution in [3.8, 4) is 0 Å². The Morgan fingerprint density at radius 3 is 2.26 bits per heavy atom. The second kappa shape index (κ2) is 10.6. The molecular weight excluding hydrogens is 246 g/mol. The van der Waals surface area contributed by atoms with Gasteiger partial charge in [-0.1, -0.05) is 20.8 Å². The number of carboxylic acids is 1. The molecule has 0 saturated heterocycles. The zero-order valence-electron chi connectivity index (χ0n) is 12.2. The van der Waals surface area contributed by atoms with Crippen LogP contribution in [0.2, 0.25) is 0 Å². The lowest BCUT2D eigenvalue weighted by atomic mass is 10.1. The average Bonchev–Trinajstić information content (AvgIpc) is 2.39. The monoisotopic (exact) mass is 273 g/mol. The van der Waals surface area contributed by atoms with Gasteiger partial charge in [-0.15, -0.1) is 0 Å². The van der Waals surface area contributed by atoms with Crippen LogP contribution >= 0.6 is 0 Å². The molecule has 0 aliphatic rings. The number of carbonyl (C=O) groups is 2. The number of hydrogen-bond donors (Lipinski definition) is 3. The largest absolute Gasteiger partial charge is 0.481 e. The van der Waals surface area contributed by atoms with E-state index in [1.165, 1.54) is 0 Å². The quantitative estimate of drug-likeness (QED) is 0.521. The smallest absolute Gasteiger partial charge is 0.314 e. The van der Waals surface area contributed by atoms with Gasteiger partial charge in [0.05, 0.1) is 5.92 Å². The number of hydrogen-bond acceptors (Lipinski definition) is 3. The summed E-state index contributed by atoms with van der Waals surface area (Å²) in [5, 5.41) is 14.2. The van der Waals surface area contributed by atoms with Crippen molar-refractivity contribution in [2.24, 2.45) is 5.92 Å². The zero-order valence-corrected chi connectivity index (χ0v) is 12.2. The number of urea groups is 1. The molecular formula is C13H27N3O3. The number of rotatable bonds is 10. The third-order valence-electron chi connectivity index (χ3n) is 3.13. The van der Waals surface area contributed by atoms with Crippen LogP contribution in [0.25, 0.3) is 0 Å².